The van der Waals surface area contributed by atoms with Gasteiger partial charge in [-0.05, 0) is 39.8 Å². The normalized spacial score (nSPS) is 18.2. The number of carbonyl (C=O) groups is 3. The molecule has 4 amide bonds. The average molecular weight is 446 g/mol. The zero-order chi connectivity index (χ0) is 23.3. The molecule has 176 valence electrons. The molecule has 3 rings (SSSR count). The molecule has 2 fully saturated rings. The van der Waals surface area contributed by atoms with Crippen molar-refractivity contribution in [3.05, 3.63) is 30.3 Å². The van der Waals surface area contributed by atoms with Gasteiger partial charge in [0.2, 0.25) is 5.91 Å². The monoisotopic (exact) mass is 445 g/mol. The molecule has 1 aromatic rings. The van der Waals surface area contributed by atoms with Gasteiger partial charge in [-0.1, -0.05) is 18.2 Å². The minimum absolute atomic E-state index is 0.134. The molecule has 2 aliphatic rings. The van der Waals surface area contributed by atoms with Crippen molar-refractivity contribution in [2.24, 2.45) is 0 Å². The quantitative estimate of drug-likeness (QED) is 0.769. The molecule has 1 unspecified atom stereocenters. The summed E-state index contributed by atoms with van der Waals surface area (Å²) in [6.45, 7) is 11.6. The number of amides is 4. The van der Waals surface area contributed by atoms with Crippen LogP contribution in [0.4, 0.5) is 15.3 Å². The average Bonchev–Trinajstić information content (AvgIpc) is 2.78. The summed E-state index contributed by atoms with van der Waals surface area (Å²) in [4.78, 5) is 45.0. The van der Waals surface area contributed by atoms with E-state index in [0.29, 0.717) is 39.3 Å². The SMILES string of the molecule is CC(NC(=O)N1CCN(c2ccccc2)CC1)C(=O)N1CCN(C(=O)OC(C)(C)C)CC1. The first-order chi connectivity index (χ1) is 15.1. The lowest BCUT2D eigenvalue weighted by Gasteiger charge is -2.38. The van der Waals surface area contributed by atoms with E-state index in [1.165, 1.54) is 0 Å². The molecule has 1 atom stereocenters. The Hall–Kier alpha value is -2.97. The van der Waals surface area contributed by atoms with Crippen LogP contribution in [0.25, 0.3) is 0 Å². The zero-order valence-corrected chi connectivity index (χ0v) is 19.5. The molecular weight excluding hydrogens is 410 g/mol. The van der Waals surface area contributed by atoms with Crippen LogP contribution >= 0.6 is 0 Å². The Balaban J connectivity index is 1.42. The van der Waals surface area contributed by atoms with Gasteiger partial charge in [0, 0.05) is 58.0 Å². The van der Waals surface area contributed by atoms with Crippen LogP contribution in [0.1, 0.15) is 27.7 Å². The lowest BCUT2D eigenvalue weighted by molar-refractivity contribution is -0.134. The van der Waals surface area contributed by atoms with Gasteiger partial charge >= 0.3 is 12.1 Å². The molecule has 0 aliphatic carbocycles. The first kappa shape index (κ1) is 23.7. The number of benzene rings is 1. The second-order valence-corrected chi connectivity index (χ2v) is 9.27. The van der Waals surface area contributed by atoms with Crippen LogP contribution in [0, 0.1) is 0 Å². The number of rotatable bonds is 3. The van der Waals surface area contributed by atoms with E-state index in [0.717, 1.165) is 18.8 Å². The summed E-state index contributed by atoms with van der Waals surface area (Å²) in [5.74, 6) is -0.134. The van der Waals surface area contributed by atoms with Crippen molar-refractivity contribution in [1.29, 1.82) is 0 Å². The van der Waals surface area contributed by atoms with Crippen LogP contribution in [0.3, 0.4) is 0 Å². The molecule has 1 aromatic carbocycles. The number of urea groups is 1. The molecule has 1 N–H and O–H groups in total. The van der Waals surface area contributed by atoms with Gasteiger partial charge in [0.15, 0.2) is 0 Å². The zero-order valence-electron chi connectivity index (χ0n) is 19.5. The molecule has 32 heavy (non-hydrogen) atoms. The minimum Gasteiger partial charge on any atom is -0.444 e. The highest BCUT2D eigenvalue weighted by Gasteiger charge is 2.31. The van der Waals surface area contributed by atoms with Gasteiger partial charge in [-0.15, -0.1) is 0 Å². The summed E-state index contributed by atoms with van der Waals surface area (Å²) in [5, 5.41) is 2.84. The van der Waals surface area contributed by atoms with Crippen LogP contribution in [0.5, 0.6) is 0 Å². The number of carbonyl (C=O) groups excluding carboxylic acids is 3. The number of nitrogens with one attached hydrogen (secondary N) is 1. The van der Waals surface area contributed by atoms with E-state index < -0.39 is 11.6 Å². The summed E-state index contributed by atoms with van der Waals surface area (Å²) in [7, 11) is 0. The third kappa shape index (κ3) is 6.27. The molecule has 2 saturated heterocycles. The Morgan fingerprint density at radius 2 is 1.38 bits per heavy atom. The molecule has 9 nitrogen and oxygen atoms in total. The molecule has 9 heteroatoms. The second kappa shape index (κ2) is 10.1. The van der Waals surface area contributed by atoms with Crippen LogP contribution in [-0.2, 0) is 9.53 Å². The highest BCUT2D eigenvalue weighted by atomic mass is 16.6. The summed E-state index contributed by atoms with van der Waals surface area (Å²) < 4.78 is 5.39. The summed E-state index contributed by atoms with van der Waals surface area (Å²) in [6, 6.07) is 9.30. The van der Waals surface area contributed by atoms with Gasteiger partial charge in [-0.3, -0.25) is 4.79 Å². The van der Waals surface area contributed by atoms with Crippen LogP contribution < -0.4 is 10.2 Å². The van der Waals surface area contributed by atoms with Crippen LogP contribution in [0.2, 0.25) is 0 Å². The van der Waals surface area contributed by atoms with Gasteiger partial charge in [-0.2, -0.15) is 0 Å². The molecule has 0 saturated carbocycles. The van der Waals surface area contributed by atoms with Crippen molar-refractivity contribution in [3.63, 3.8) is 0 Å². The second-order valence-electron chi connectivity index (χ2n) is 9.27. The van der Waals surface area contributed by atoms with Crippen molar-refractivity contribution >= 4 is 23.7 Å². The number of ether oxygens (including phenoxy) is 1. The maximum Gasteiger partial charge on any atom is 0.410 e. The van der Waals surface area contributed by atoms with Gasteiger partial charge < -0.3 is 29.7 Å². The number of nitrogens with zero attached hydrogens (tertiary/aromatic N) is 4. The molecular formula is C23H35N5O4. The molecule has 0 radical (unpaired) electrons. The van der Waals surface area contributed by atoms with E-state index in [-0.39, 0.29) is 18.0 Å². The van der Waals surface area contributed by atoms with Gasteiger partial charge in [0.1, 0.15) is 11.6 Å². The van der Waals surface area contributed by atoms with Gasteiger partial charge in [0.05, 0.1) is 0 Å². The van der Waals surface area contributed by atoms with Crippen LogP contribution in [0.15, 0.2) is 30.3 Å². The third-order valence-electron chi connectivity index (χ3n) is 5.64. The van der Waals surface area contributed by atoms with E-state index in [2.05, 4.69) is 22.3 Å². The largest absolute Gasteiger partial charge is 0.444 e. The lowest BCUT2D eigenvalue weighted by Crippen LogP contribution is -2.58. The highest BCUT2D eigenvalue weighted by molar-refractivity contribution is 5.87. The Labute approximate surface area is 190 Å². The number of para-hydroxylation sites is 1. The maximum atomic E-state index is 12.8. The molecule has 2 heterocycles. The van der Waals surface area contributed by atoms with Crippen LogP contribution in [-0.4, -0.2) is 96.7 Å². The number of piperazine rings is 2. The predicted molar refractivity (Wildman–Crippen MR) is 123 cm³/mol. The van der Waals surface area contributed by atoms with Crippen molar-refractivity contribution in [2.75, 3.05) is 57.3 Å². The molecule has 0 aromatic heterocycles. The number of hydrogen-bond acceptors (Lipinski definition) is 5. The van der Waals surface area contributed by atoms with Gasteiger partial charge in [0.25, 0.3) is 0 Å². The Kier molecular flexibility index (Phi) is 7.48. The topological polar surface area (TPSA) is 85.4 Å². The summed E-state index contributed by atoms with van der Waals surface area (Å²) in [6.07, 6.45) is -0.361. The van der Waals surface area contributed by atoms with Crippen molar-refractivity contribution in [3.8, 4) is 0 Å². The van der Waals surface area contributed by atoms with E-state index in [4.69, 9.17) is 4.74 Å². The minimum atomic E-state index is -0.622. The van der Waals surface area contributed by atoms with Crippen molar-refractivity contribution < 1.29 is 19.1 Å². The Morgan fingerprint density at radius 3 is 1.94 bits per heavy atom. The predicted octanol–water partition coefficient (Wildman–Crippen LogP) is 1.99. The van der Waals surface area contributed by atoms with E-state index in [1.807, 2.05) is 39.0 Å². The maximum absolute atomic E-state index is 12.8. The summed E-state index contributed by atoms with van der Waals surface area (Å²) >= 11 is 0. The van der Waals surface area contributed by atoms with Crippen molar-refractivity contribution in [1.82, 2.24) is 20.0 Å². The molecule has 0 spiro atoms. The Bertz CT molecular complexity index is 794. The van der Waals surface area contributed by atoms with E-state index >= 15 is 0 Å². The fraction of sp³-hybridized carbons (Fsp3) is 0.609. The smallest absolute Gasteiger partial charge is 0.410 e. The standard InChI is InChI=1S/C23H35N5O4/c1-18(20(29)26-12-16-28(17-13-26)22(31)32-23(2,3)4)24-21(30)27-14-10-25(11-15-27)19-8-6-5-7-9-19/h5-9,18H,10-17H2,1-4H3,(H,24,30). The first-order valence-electron chi connectivity index (χ1n) is 11.3. The van der Waals surface area contributed by atoms with E-state index in [1.54, 1.807) is 21.6 Å². The number of hydrogen-bond donors (Lipinski definition) is 1. The van der Waals surface area contributed by atoms with Crippen molar-refractivity contribution in [2.45, 2.75) is 39.3 Å². The van der Waals surface area contributed by atoms with Gasteiger partial charge in [-0.25, -0.2) is 9.59 Å². The number of anilines is 1. The third-order valence-corrected chi connectivity index (χ3v) is 5.64. The van der Waals surface area contributed by atoms with E-state index in [9.17, 15) is 14.4 Å². The lowest BCUT2D eigenvalue weighted by atomic mass is 10.2. The first-order valence-corrected chi connectivity index (χ1v) is 11.3. The fourth-order valence-electron chi connectivity index (χ4n) is 3.85. The Morgan fingerprint density at radius 1 is 0.844 bits per heavy atom. The molecule has 2 aliphatic heterocycles. The molecule has 0 bridgehead atoms. The highest BCUT2D eigenvalue weighted by Crippen LogP contribution is 2.16. The fourth-order valence-corrected chi connectivity index (χ4v) is 3.85. The summed E-state index contributed by atoms with van der Waals surface area (Å²) in [5.41, 5.74) is 0.608.